The van der Waals surface area contributed by atoms with Crippen molar-refractivity contribution in [2.45, 2.75) is 12.8 Å². The Balaban J connectivity index is 2.01. The molecule has 1 aromatic carbocycles. The largest absolute Gasteiger partial charge is 0.309 e. The highest BCUT2D eigenvalue weighted by Crippen LogP contribution is 2.22. The van der Waals surface area contributed by atoms with Gasteiger partial charge in [-0.3, -0.25) is 4.79 Å². The van der Waals surface area contributed by atoms with Gasteiger partial charge in [-0.1, -0.05) is 12.1 Å². The standard InChI is InChI=1S/C13H16N2OS/c1-15(2)8-7-10(16)9-13-14-11-5-3-4-6-12(11)17-13/h3-6H,7-9H2,1-2H3. The molecule has 1 aromatic heterocycles. The van der Waals surface area contributed by atoms with E-state index < -0.39 is 0 Å². The number of hydrogen-bond acceptors (Lipinski definition) is 4. The summed E-state index contributed by atoms with van der Waals surface area (Å²) in [5.41, 5.74) is 0.993. The minimum absolute atomic E-state index is 0.262. The van der Waals surface area contributed by atoms with Gasteiger partial charge in [-0.05, 0) is 26.2 Å². The summed E-state index contributed by atoms with van der Waals surface area (Å²) >= 11 is 1.61. The highest BCUT2D eigenvalue weighted by atomic mass is 32.1. The topological polar surface area (TPSA) is 33.2 Å². The maximum Gasteiger partial charge on any atom is 0.140 e. The Morgan fingerprint density at radius 3 is 2.82 bits per heavy atom. The number of nitrogens with zero attached hydrogens (tertiary/aromatic N) is 2. The van der Waals surface area contributed by atoms with E-state index in [0.717, 1.165) is 21.8 Å². The number of carbonyl (C=O) groups is 1. The van der Waals surface area contributed by atoms with Crippen LogP contribution in [0.4, 0.5) is 0 Å². The normalized spacial score (nSPS) is 11.2. The van der Waals surface area contributed by atoms with Crippen LogP contribution in [0.1, 0.15) is 11.4 Å². The zero-order valence-electron chi connectivity index (χ0n) is 10.1. The number of para-hydroxylation sites is 1. The number of fused-ring (bicyclic) bond motifs is 1. The Hall–Kier alpha value is -1.26. The zero-order chi connectivity index (χ0) is 12.3. The Kier molecular flexibility index (Phi) is 3.86. The molecular formula is C13H16N2OS. The number of hydrogen-bond donors (Lipinski definition) is 0. The lowest BCUT2D eigenvalue weighted by Gasteiger charge is -2.07. The molecule has 0 saturated heterocycles. The summed E-state index contributed by atoms with van der Waals surface area (Å²) in [6, 6.07) is 8.00. The quantitative estimate of drug-likeness (QED) is 0.814. The van der Waals surface area contributed by atoms with Gasteiger partial charge in [0.15, 0.2) is 0 Å². The molecule has 0 atom stereocenters. The zero-order valence-corrected chi connectivity index (χ0v) is 11.0. The second kappa shape index (κ2) is 5.38. The lowest BCUT2D eigenvalue weighted by molar-refractivity contribution is -0.118. The van der Waals surface area contributed by atoms with Crippen LogP contribution >= 0.6 is 11.3 Å². The molecule has 2 rings (SSSR count). The van der Waals surface area contributed by atoms with Crippen molar-refractivity contribution >= 4 is 27.3 Å². The lowest BCUT2D eigenvalue weighted by Crippen LogP contribution is -2.17. The molecule has 0 aliphatic rings. The molecule has 0 N–H and O–H groups in total. The molecule has 0 amide bonds. The van der Waals surface area contributed by atoms with Crippen LogP contribution in [0.25, 0.3) is 10.2 Å². The summed E-state index contributed by atoms with van der Waals surface area (Å²) in [5.74, 6) is 0.262. The van der Waals surface area contributed by atoms with Gasteiger partial charge in [0.05, 0.1) is 16.6 Å². The maximum absolute atomic E-state index is 11.7. The molecule has 0 aliphatic carbocycles. The third kappa shape index (κ3) is 3.35. The molecule has 0 fully saturated rings. The third-order valence-electron chi connectivity index (χ3n) is 2.52. The van der Waals surface area contributed by atoms with Crippen molar-refractivity contribution in [1.29, 1.82) is 0 Å². The van der Waals surface area contributed by atoms with Crippen LogP contribution < -0.4 is 0 Å². The average Bonchev–Trinajstić information content (AvgIpc) is 2.68. The van der Waals surface area contributed by atoms with Crippen molar-refractivity contribution in [2.75, 3.05) is 20.6 Å². The molecule has 0 aliphatic heterocycles. The van der Waals surface area contributed by atoms with Crippen LogP contribution in [0.3, 0.4) is 0 Å². The van der Waals surface area contributed by atoms with Crippen molar-refractivity contribution in [3.05, 3.63) is 29.3 Å². The van der Waals surface area contributed by atoms with Gasteiger partial charge in [0.2, 0.25) is 0 Å². The highest BCUT2D eigenvalue weighted by Gasteiger charge is 2.08. The monoisotopic (exact) mass is 248 g/mol. The van der Waals surface area contributed by atoms with Gasteiger partial charge >= 0.3 is 0 Å². The number of benzene rings is 1. The predicted octanol–water partition coefficient (Wildman–Crippen LogP) is 2.36. The SMILES string of the molecule is CN(C)CCC(=O)Cc1nc2ccccc2s1. The van der Waals surface area contributed by atoms with Gasteiger partial charge in [-0.2, -0.15) is 0 Å². The summed E-state index contributed by atoms with van der Waals surface area (Å²) in [6.07, 6.45) is 1.07. The van der Waals surface area contributed by atoms with Crippen LogP contribution in [-0.2, 0) is 11.2 Å². The molecule has 4 heteroatoms. The molecular weight excluding hydrogens is 232 g/mol. The van der Waals surface area contributed by atoms with E-state index >= 15 is 0 Å². The number of carbonyl (C=O) groups excluding carboxylic acids is 1. The highest BCUT2D eigenvalue weighted by molar-refractivity contribution is 7.18. The fraction of sp³-hybridized carbons (Fsp3) is 0.385. The Morgan fingerprint density at radius 2 is 2.12 bits per heavy atom. The molecule has 0 spiro atoms. The first-order chi connectivity index (χ1) is 8.15. The first kappa shape index (κ1) is 12.2. The number of aromatic nitrogens is 1. The van der Waals surface area contributed by atoms with Crippen molar-refractivity contribution in [2.24, 2.45) is 0 Å². The lowest BCUT2D eigenvalue weighted by atomic mass is 10.2. The van der Waals surface area contributed by atoms with E-state index in [4.69, 9.17) is 0 Å². The molecule has 90 valence electrons. The van der Waals surface area contributed by atoms with Gasteiger partial charge in [-0.15, -0.1) is 11.3 Å². The van der Waals surface area contributed by atoms with Gasteiger partial charge < -0.3 is 4.90 Å². The molecule has 0 radical (unpaired) electrons. The summed E-state index contributed by atoms with van der Waals surface area (Å²) in [7, 11) is 3.95. The molecule has 1 heterocycles. The number of rotatable bonds is 5. The number of ketones is 1. The fourth-order valence-electron chi connectivity index (χ4n) is 1.60. The van der Waals surface area contributed by atoms with Gasteiger partial charge in [0.25, 0.3) is 0 Å². The van der Waals surface area contributed by atoms with E-state index in [9.17, 15) is 4.79 Å². The second-order valence-corrected chi connectivity index (χ2v) is 5.46. The Labute approximate surface area is 105 Å². The van der Waals surface area contributed by atoms with Crippen LogP contribution in [0, 0.1) is 0 Å². The smallest absolute Gasteiger partial charge is 0.140 e. The van der Waals surface area contributed by atoms with Crippen LogP contribution in [0.15, 0.2) is 24.3 Å². The Morgan fingerprint density at radius 1 is 1.35 bits per heavy atom. The van der Waals surface area contributed by atoms with Crippen molar-refractivity contribution < 1.29 is 4.79 Å². The van der Waals surface area contributed by atoms with E-state index in [-0.39, 0.29) is 5.78 Å². The molecule has 2 aromatic rings. The van der Waals surface area contributed by atoms with Gasteiger partial charge in [0.1, 0.15) is 10.8 Å². The van der Waals surface area contributed by atoms with Crippen molar-refractivity contribution in [3.63, 3.8) is 0 Å². The average molecular weight is 248 g/mol. The molecule has 3 nitrogen and oxygen atoms in total. The number of thiazole rings is 1. The summed E-state index contributed by atoms with van der Waals surface area (Å²) in [6.45, 7) is 0.809. The van der Waals surface area contributed by atoms with Gasteiger partial charge in [0, 0.05) is 13.0 Å². The third-order valence-corrected chi connectivity index (χ3v) is 3.56. The van der Waals surface area contributed by atoms with Gasteiger partial charge in [-0.25, -0.2) is 4.98 Å². The van der Waals surface area contributed by atoms with E-state index in [1.807, 2.05) is 43.3 Å². The van der Waals surface area contributed by atoms with Crippen molar-refractivity contribution in [1.82, 2.24) is 9.88 Å². The summed E-state index contributed by atoms with van der Waals surface area (Å²) < 4.78 is 1.16. The van der Waals surface area contributed by atoms with Crippen LogP contribution in [0.2, 0.25) is 0 Å². The van der Waals surface area contributed by atoms with Crippen LogP contribution in [0.5, 0.6) is 0 Å². The van der Waals surface area contributed by atoms with E-state index in [2.05, 4.69) is 4.98 Å². The van der Waals surface area contributed by atoms with E-state index in [0.29, 0.717) is 12.8 Å². The predicted molar refractivity (Wildman–Crippen MR) is 71.5 cm³/mol. The maximum atomic E-state index is 11.7. The van der Waals surface area contributed by atoms with E-state index in [1.54, 1.807) is 11.3 Å². The minimum atomic E-state index is 0.262. The Bertz CT molecular complexity index is 486. The molecule has 0 bridgehead atoms. The molecule has 17 heavy (non-hydrogen) atoms. The van der Waals surface area contributed by atoms with Crippen LogP contribution in [-0.4, -0.2) is 36.3 Å². The first-order valence-electron chi connectivity index (χ1n) is 5.66. The summed E-state index contributed by atoms with van der Waals surface area (Å²) in [4.78, 5) is 18.2. The van der Waals surface area contributed by atoms with E-state index in [1.165, 1.54) is 0 Å². The minimum Gasteiger partial charge on any atom is -0.309 e. The van der Waals surface area contributed by atoms with Crippen molar-refractivity contribution in [3.8, 4) is 0 Å². The summed E-state index contributed by atoms with van der Waals surface area (Å²) in [5, 5.41) is 0.926. The fourth-order valence-corrected chi connectivity index (χ4v) is 2.60. The molecule has 0 saturated carbocycles. The molecule has 0 unspecified atom stereocenters. The number of Topliss-reactive ketones (excluding diaryl/α,β-unsaturated/α-hetero) is 1. The second-order valence-electron chi connectivity index (χ2n) is 4.34. The first-order valence-corrected chi connectivity index (χ1v) is 6.47.